The zero-order valence-corrected chi connectivity index (χ0v) is 12.1. The predicted molar refractivity (Wildman–Crippen MR) is 75.9 cm³/mol. The van der Waals surface area contributed by atoms with E-state index in [0.29, 0.717) is 6.54 Å². The Bertz CT molecular complexity index is 482. The molecule has 0 saturated carbocycles. The lowest BCUT2D eigenvalue weighted by Crippen LogP contribution is -2.51. The molecule has 1 heterocycles. The lowest BCUT2D eigenvalue weighted by Gasteiger charge is -2.38. The van der Waals surface area contributed by atoms with Gasteiger partial charge < -0.3 is 10.6 Å². The average molecular weight is 305 g/mol. The second kappa shape index (κ2) is 6.99. The second-order valence-electron chi connectivity index (χ2n) is 5.05. The summed E-state index contributed by atoms with van der Waals surface area (Å²) in [5.74, 6) is -2.22. The minimum absolute atomic E-state index is 0. The molecule has 2 unspecified atom stereocenters. The van der Waals surface area contributed by atoms with E-state index in [9.17, 15) is 13.6 Å². The Morgan fingerprint density at radius 1 is 1.35 bits per heavy atom. The van der Waals surface area contributed by atoms with Gasteiger partial charge in [-0.25, -0.2) is 8.78 Å². The van der Waals surface area contributed by atoms with Crippen LogP contribution < -0.4 is 5.73 Å². The topological polar surface area (TPSA) is 46.3 Å². The Labute approximate surface area is 123 Å². The molecule has 0 radical (unpaired) electrons. The van der Waals surface area contributed by atoms with Crippen LogP contribution in [-0.2, 0) is 0 Å². The average Bonchev–Trinajstić information content (AvgIpc) is 2.41. The third kappa shape index (κ3) is 3.46. The van der Waals surface area contributed by atoms with Crippen molar-refractivity contribution in [2.75, 3.05) is 6.54 Å². The van der Waals surface area contributed by atoms with Crippen molar-refractivity contribution in [3.63, 3.8) is 0 Å². The molecule has 2 rings (SSSR count). The summed E-state index contributed by atoms with van der Waals surface area (Å²) in [6.07, 6.45) is 2.81. The van der Waals surface area contributed by atoms with Gasteiger partial charge in [-0.3, -0.25) is 4.79 Å². The molecule has 20 heavy (non-hydrogen) atoms. The number of rotatable bonds is 2. The van der Waals surface area contributed by atoms with E-state index in [0.717, 1.165) is 31.4 Å². The lowest BCUT2D eigenvalue weighted by molar-refractivity contribution is 0.0583. The zero-order valence-electron chi connectivity index (χ0n) is 11.3. The molecule has 0 aromatic heterocycles. The maximum absolute atomic E-state index is 13.2. The maximum Gasteiger partial charge on any atom is 0.254 e. The number of amides is 1. The lowest BCUT2D eigenvalue weighted by atomic mass is 9.96. The van der Waals surface area contributed by atoms with Gasteiger partial charge in [-0.15, -0.1) is 12.4 Å². The van der Waals surface area contributed by atoms with E-state index in [2.05, 4.69) is 0 Å². The SMILES string of the molecule is CC(N)C1CCCCN1C(=O)c1ccc(F)c(F)c1.Cl. The third-order valence-corrected chi connectivity index (χ3v) is 3.58. The van der Waals surface area contributed by atoms with Crippen molar-refractivity contribution in [3.05, 3.63) is 35.4 Å². The van der Waals surface area contributed by atoms with Crippen LogP contribution in [0.1, 0.15) is 36.5 Å². The number of carbonyl (C=O) groups is 1. The summed E-state index contributed by atoms with van der Waals surface area (Å²) >= 11 is 0. The predicted octanol–water partition coefficient (Wildman–Crippen LogP) is 2.73. The largest absolute Gasteiger partial charge is 0.334 e. The van der Waals surface area contributed by atoms with Crippen molar-refractivity contribution < 1.29 is 13.6 Å². The Balaban J connectivity index is 0.00000200. The maximum atomic E-state index is 13.2. The van der Waals surface area contributed by atoms with Crippen LogP contribution in [0.5, 0.6) is 0 Å². The standard InChI is InChI=1S/C14H18F2N2O.ClH/c1-9(17)13-4-2-3-7-18(13)14(19)10-5-6-11(15)12(16)8-10;/h5-6,8-9,13H,2-4,7,17H2,1H3;1H. The molecule has 3 nitrogen and oxygen atoms in total. The van der Waals surface area contributed by atoms with E-state index >= 15 is 0 Å². The third-order valence-electron chi connectivity index (χ3n) is 3.58. The van der Waals surface area contributed by atoms with Gasteiger partial charge in [-0.1, -0.05) is 0 Å². The van der Waals surface area contributed by atoms with Crippen LogP contribution in [0.15, 0.2) is 18.2 Å². The van der Waals surface area contributed by atoms with Crippen LogP contribution in [0, 0.1) is 11.6 Å². The van der Waals surface area contributed by atoms with Crippen molar-refractivity contribution in [2.45, 2.75) is 38.3 Å². The van der Waals surface area contributed by atoms with Gasteiger partial charge in [0.05, 0.1) is 0 Å². The zero-order chi connectivity index (χ0) is 14.0. The highest BCUT2D eigenvalue weighted by Gasteiger charge is 2.30. The number of hydrogen-bond donors (Lipinski definition) is 1. The number of carbonyl (C=O) groups excluding carboxylic acids is 1. The number of nitrogens with zero attached hydrogens (tertiary/aromatic N) is 1. The molecule has 0 aliphatic carbocycles. The smallest absolute Gasteiger partial charge is 0.254 e. The van der Waals surface area contributed by atoms with Crippen LogP contribution in [0.25, 0.3) is 0 Å². The van der Waals surface area contributed by atoms with E-state index < -0.39 is 11.6 Å². The first-order valence-corrected chi connectivity index (χ1v) is 6.52. The van der Waals surface area contributed by atoms with Gasteiger partial charge in [-0.2, -0.15) is 0 Å². The van der Waals surface area contributed by atoms with Crippen molar-refractivity contribution in [1.82, 2.24) is 4.90 Å². The fourth-order valence-electron chi connectivity index (χ4n) is 2.55. The minimum atomic E-state index is -1.000. The van der Waals surface area contributed by atoms with E-state index in [1.165, 1.54) is 6.07 Å². The molecule has 0 spiro atoms. The molecule has 6 heteroatoms. The van der Waals surface area contributed by atoms with Gasteiger partial charge in [-0.05, 0) is 44.4 Å². The number of nitrogens with two attached hydrogens (primary N) is 1. The number of likely N-dealkylation sites (tertiary alicyclic amines) is 1. The first kappa shape index (κ1) is 16.9. The van der Waals surface area contributed by atoms with Crippen molar-refractivity contribution in [2.24, 2.45) is 5.73 Å². The molecule has 2 atom stereocenters. The van der Waals surface area contributed by atoms with Gasteiger partial charge >= 0.3 is 0 Å². The monoisotopic (exact) mass is 304 g/mol. The molecule has 2 N–H and O–H groups in total. The fraction of sp³-hybridized carbons (Fsp3) is 0.500. The quantitative estimate of drug-likeness (QED) is 0.913. The van der Waals surface area contributed by atoms with Crippen molar-refractivity contribution in [1.29, 1.82) is 0 Å². The van der Waals surface area contributed by atoms with Gasteiger partial charge in [0.25, 0.3) is 5.91 Å². The van der Waals surface area contributed by atoms with Crippen LogP contribution in [0.2, 0.25) is 0 Å². The summed E-state index contributed by atoms with van der Waals surface area (Å²) < 4.78 is 26.1. The molecule has 0 bridgehead atoms. The first-order valence-electron chi connectivity index (χ1n) is 6.52. The summed E-state index contributed by atoms with van der Waals surface area (Å²) in [4.78, 5) is 14.0. The van der Waals surface area contributed by atoms with Crippen molar-refractivity contribution >= 4 is 18.3 Å². The van der Waals surface area contributed by atoms with Gasteiger partial charge in [0.15, 0.2) is 11.6 Å². The van der Waals surface area contributed by atoms with E-state index in [1.54, 1.807) is 4.90 Å². The summed E-state index contributed by atoms with van der Waals surface area (Å²) in [5.41, 5.74) is 6.07. The first-order chi connectivity index (χ1) is 9.00. The molecular weight excluding hydrogens is 286 g/mol. The van der Waals surface area contributed by atoms with Crippen LogP contribution in [-0.4, -0.2) is 29.4 Å². The molecule has 1 aliphatic rings. The number of halogens is 3. The Kier molecular flexibility index (Phi) is 5.89. The van der Waals surface area contributed by atoms with Crippen LogP contribution in [0.4, 0.5) is 8.78 Å². The molecule has 1 amide bonds. The highest BCUT2D eigenvalue weighted by atomic mass is 35.5. The Morgan fingerprint density at radius 3 is 2.65 bits per heavy atom. The molecule has 1 aromatic rings. The van der Waals surface area contributed by atoms with Crippen LogP contribution >= 0.6 is 12.4 Å². The second-order valence-corrected chi connectivity index (χ2v) is 5.05. The molecule has 1 saturated heterocycles. The highest BCUT2D eigenvalue weighted by Crippen LogP contribution is 2.22. The van der Waals surface area contributed by atoms with Gasteiger partial charge in [0.1, 0.15) is 0 Å². The molecule has 1 fully saturated rings. The summed E-state index contributed by atoms with van der Waals surface area (Å²) in [6.45, 7) is 2.48. The summed E-state index contributed by atoms with van der Waals surface area (Å²) in [5, 5.41) is 0. The summed E-state index contributed by atoms with van der Waals surface area (Å²) in [6, 6.07) is 3.08. The Hall–Kier alpha value is -1.20. The van der Waals surface area contributed by atoms with Crippen molar-refractivity contribution in [3.8, 4) is 0 Å². The van der Waals surface area contributed by atoms with Crippen LogP contribution in [0.3, 0.4) is 0 Å². The number of benzene rings is 1. The van der Waals surface area contributed by atoms with E-state index in [1.807, 2.05) is 6.92 Å². The van der Waals surface area contributed by atoms with Gasteiger partial charge in [0.2, 0.25) is 0 Å². The van der Waals surface area contributed by atoms with E-state index in [4.69, 9.17) is 5.73 Å². The molecular formula is C14H19ClF2N2O. The van der Waals surface area contributed by atoms with Gasteiger partial charge in [0, 0.05) is 24.2 Å². The normalized spacial score (nSPS) is 20.2. The fourth-order valence-corrected chi connectivity index (χ4v) is 2.55. The Morgan fingerprint density at radius 2 is 2.05 bits per heavy atom. The molecule has 112 valence electrons. The number of piperidine rings is 1. The number of hydrogen-bond acceptors (Lipinski definition) is 2. The minimum Gasteiger partial charge on any atom is -0.334 e. The molecule has 1 aliphatic heterocycles. The summed E-state index contributed by atoms with van der Waals surface area (Å²) in [7, 11) is 0. The highest BCUT2D eigenvalue weighted by molar-refractivity contribution is 5.94. The molecule has 1 aromatic carbocycles. The van der Waals surface area contributed by atoms with E-state index in [-0.39, 0.29) is 36.0 Å².